The molecule has 0 bridgehead atoms. The molecule has 3 amide bonds. The van der Waals surface area contributed by atoms with Crippen LogP contribution in [0.3, 0.4) is 0 Å². The number of ether oxygens (including phenoxy) is 1. The maximum absolute atomic E-state index is 13.1. The number of amides is 3. The van der Waals surface area contributed by atoms with E-state index < -0.39 is 43.8 Å². The maximum Gasteiger partial charge on any atom is 0.519 e. The zero-order valence-electron chi connectivity index (χ0n) is 26.1. The van der Waals surface area contributed by atoms with Crippen molar-refractivity contribution in [3.05, 3.63) is 58.2 Å². The fourth-order valence-corrected chi connectivity index (χ4v) is 5.79. The van der Waals surface area contributed by atoms with Crippen LogP contribution in [-0.4, -0.2) is 52.7 Å². The first-order valence-corrected chi connectivity index (χ1v) is 16.5. The molecule has 15 nitrogen and oxygen atoms in total. The number of rotatable bonds is 19. The monoisotopic (exact) mass is 665 g/mol. The Morgan fingerprint density at radius 2 is 1.85 bits per heavy atom. The molecule has 3 atom stereocenters. The third kappa shape index (κ3) is 9.66. The van der Waals surface area contributed by atoms with Gasteiger partial charge in [0.1, 0.15) is 23.9 Å². The van der Waals surface area contributed by atoms with E-state index in [0.29, 0.717) is 23.5 Å². The lowest BCUT2D eigenvalue weighted by Gasteiger charge is -2.29. The predicted molar refractivity (Wildman–Crippen MR) is 163 cm³/mol. The highest BCUT2D eigenvalue weighted by Crippen LogP contribution is 2.44. The van der Waals surface area contributed by atoms with Gasteiger partial charge in [-0.3, -0.25) is 28.7 Å². The van der Waals surface area contributed by atoms with E-state index >= 15 is 0 Å². The summed E-state index contributed by atoms with van der Waals surface area (Å²) >= 11 is 0. The number of hydrogen-bond acceptors (Lipinski definition) is 11. The van der Waals surface area contributed by atoms with Crippen LogP contribution in [0.25, 0.3) is 11.3 Å². The Hall–Kier alpha value is -4.17. The average molecular weight is 666 g/mol. The minimum atomic E-state index is -4.47. The second kappa shape index (κ2) is 16.9. The van der Waals surface area contributed by atoms with Crippen LogP contribution in [-0.2, 0) is 25.3 Å². The normalized spacial score (nSPS) is 13.8. The Kier molecular flexibility index (Phi) is 13.4. The summed E-state index contributed by atoms with van der Waals surface area (Å²) in [5.41, 5.74) is 0.307. The number of unbranched alkanes of at least 4 members (excludes halogenated alkanes) is 2. The number of nitrogens with one attached hydrogen (secondary N) is 2. The van der Waals surface area contributed by atoms with Crippen molar-refractivity contribution in [3.63, 3.8) is 0 Å². The van der Waals surface area contributed by atoms with E-state index in [1.165, 1.54) is 31.2 Å². The fraction of sp³-hybridized carbons (Fsp3) is 0.467. The number of furan rings is 1. The van der Waals surface area contributed by atoms with Gasteiger partial charge in [0.05, 0.1) is 30.5 Å². The van der Waals surface area contributed by atoms with Gasteiger partial charge in [0, 0.05) is 5.56 Å². The van der Waals surface area contributed by atoms with Gasteiger partial charge in [0.25, 0.3) is 5.91 Å². The van der Waals surface area contributed by atoms with Crippen LogP contribution in [0.15, 0.2) is 48.4 Å². The second-order valence-corrected chi connectivity index (χ2v) is 12.1. The summed E-state index contributed by atoms with van der Waals surface area (Å²) in [6.45, 7) is 6.47. The van der Waals surface area contributed by atoms with Crippen molar-refractivity contribution in [1.82, 2.24) is 15.7 Å². The maximum atomic E-state index is 13.1. The topological polar surface area (TPSA) is 211 Å². The van der Waals surface area contributed by atoms with Crippen molar-refractivity contribution in [2.24, 2.45) is 5.92 Å². The van der Waals surface area contributed by atoms with Crippen LogP contribution in [0.2, 0.25) is 0 Å². The zero-order chi connectivity index (χ0) is 33.9. The average Bonchev–Trinajstić information content (AvgIpc) is 3.65. The van der Waals surface area contributed by atoms with E-state index in [9.17, 15) is 33.8 Å². The summed E-state index contributed by atoms with van der Waals surface area (Å²) in [5, 5.41) is 15.5. The molecule has 16 heteroatoms. The number of aryl methyl sites for hydroxylation is 1. The fourth-order valence-electron chi connectivity index (χ4n) is 4.76. The molecular weight excluding hydrogens is 625 g/mol. The smallest absolute Gasteiger partial charge is 0.494 e. The molecule has 252 valence electrons. The summed E-state index contributed by atoms with van der Waals surface area (Å²) in [6, 6.07) is 6.39. The molecule has 0 aliphatic rings. The molecule has 1 aromatic carbocycles. The summed E-state index contributed by atoms with van der Waals surface area (Å²) in [5.74, 6) is -2.33. The Balaban J connectivity index is 1.71. The predicted octanol–water partition coefficient (Wildman–Crippen LogP) is 3.85. The lowest BCUT2D eigenvalue weighted by Crippen LogP contribution is -2.47. The number of nitrogens with zero attached hydrogens (tertiary/aromatic N) is 1. The first-order valence-electron chi connectivity index (χ1n) is 14.9. The van der Waals surface area contributed by atoms with Gasteiger partial charge in [0.15, 0.2) is 11.5 Å². The van der Waals surface area contributed by atoms with E-state index in [0.717, 1.165) is 19.3 Å². The van der Waals surface area contributed by atoms with Gasteiger partial charge < -0.3 is 33.5 Å². The standard InChI is InChI=1S/C30H40N3O12P/c1-5-8-9-10-23(24(6-2)33(38)18-34)28(35)31-17-32-29(36)26-12-11-25(44-26)20-13-21(41-7-3)15-22(14-20)46(39,40)42-16-27-19(4)43-30(37)45-27/h11-15,18,23-24,38H,5-10,16-17H2,1-4H3,(H,31,35)(H,32,36)(H,39,40)/t23-,24-/m1/s1. The largest absolute Gasteiger partial charge is 0.519 e. The van der Waals surface area contributed by atoms with Gasteiger partial charge in [-0.2, -0.15) is 0 Å². The summed E-state index contributed by atoms with van der Waals surface area (Å²) < 4.78 is 39.2. The third-order valence-electron chi connectivity index (χ3n) is 7.15. The highest BCUT2D eigenvalue weighted by Gasteiger charge is 2.31. The van der Waals surface area contributed by atoms with E-state index in [4.69, 9.17) is 22.5 Å². The first-order chi connectivity index (χ1) is 21.9. The molecule has 3 aromatic rings. The molecule has 0 saturated carbocycles. The van der Waals surface area contributed by atoms with Gasteiger partial charge in [-0.05, 0) is 57.0 Å². The highest BCUT2D eigenvalue weighted by atomic mass is 31.2. The van der Waals surface area contributed by atoms with Gasteiger partial charge in [-0.25, -0.2) is 9.86 Å². The molecular formula is C30H40N3O12P. The van der Waals surface area contributed by atoms with Crippen LogP contribution in [0.5, 0.6) is 5.75 Å². The number of carbonyl (C=O) groups excluding carboxylic acids is 3. The van der Waals surface area contributed by atoms with E-state index in [1.807, 2.05) is 6.92 Å². The van der Waals surface area contributed by atoms with Crippen molar-refractivity contribution < 1.29 is 51.6 Å². The molecule has 0 fully saturated rings. The number of hydrogen-bond donors (Lipinski definition) is 4. The van der Waals surface area contributed by atoms with Crippen LogP contribution in [0.1, 0.15) is 75.0 Å². The van der Waals surface area contributed by atoms with Crippen molar-refractivity contribution in [3.8, 4) is 17.1 Å². The Morgan fingerprint density at radius 3 is 2.48 bits per heavy atom. The molecule has 1 unspecified atom stereocenters. The minimum Gasteiger partial charge on any atom is -0.494 e. The van der Waals surface area contributed by atoms with Crippen LogP contribution in [0.4, 0.5) is 0 Å². The summed E-state index contributed by atoms with van der Waals surface area (Å²) in [7, 11) is -4.47. The zero-order valence-corrected chi connectivity index (χ0v) is 27.0. The molecule has 2 heterocycles. The van der Waals surface area contributed by atoms with Crippen molar-refractivity contribution in [1.29, 1.82) is 0 Å². The molecule has 0 saturated heterocycles. The Morgan fingerprint density at radius 1 is 1.09 bits per heavy atom. The molecule has 46 heavy (non-hydrogen) atoms. The third-order valence-corrected chi connectivity index (χ3v) is 8.54. The van der Waals surface area contributed by atoms with E-state index in [1.54, 1.807) is 19.9 Å². The van der Waals surface area contributed by atoms with Gasteiger partial charge >= 0.3 is 13.4 Å². The SMILES string of the molecule is CCCCC[C@@H](C(=O)NCNC(=O)c1ccc(-c2cc(OCC)cc(P(=O)(O)OCc3oc(=O)oc3C)c2)o1)[C@@H](CC)N(O)C=O. The second-order valence-electron chi connectivity index (χ2n) is 10.3. The van der Waals surface area contributed by atoms with Crippen molar-refractivity contribution in [2.45, 2.75) is 72.4 Å². The van der Waals surface area contributed by atoms with Crippen molar-refractivity contribution >= 4 is 31.1 Å². The summed E-state index contributed by atoms with van der Waals surface area (Å²) in [6.07, 6.45) is 3.62. The number of hydroxylamine groups is 2. The van der Waals surface area contributed by atoms with Gasteiger partial charge in [-0.15, -0.1) is 0 Å². The first kappa shape index (κ1) is 36.3. The molecule has 3 rings (SSSR count). The Labute approximate surface area is 265 Å². The number of carbonyl (C=O) groups is 3. The van der Waals surface area contributed by atoms with E-state index in [2.05, 4.69) is 10.6 Å². The minimum absolute atomic E-state index is 0.0353. The molecule has 0 spiro atoms. The molecule has 0 aliphatic carbocycles. The summed E-state index contributed by atoms with van der Waals surface area (Å²) in [4.78, 5) is 59.0. The van der Waals surface area contributed by atoms with Crippen LogP contribution in [0, 0.1) is 12.8 Å². The highest BCUT2D eigenvalue weighted by molar-refractivity contribution is 7.61. The lowest BCUT2D eigenvalue weighted by atomic mass is 9.90. The number of benzene rings is 1. The van der Waals surface area contributed by atoms with E-state index in [-0.39, 0.29) is 53.8 Å². The quantitative estimate of drug-likeness (QED) is 0.0359. The Bertz CT molecular complexity index is 1580. The van der Waals surface area contributed by atoms with Gasteiger partial charge in [0.2, 0.25) is 12.3 Å². The molecule has 0 aliphatic heterocycles. The lowest BCUT2D eigenvalue weighted by molar-refractivity contribution is -0.168. The van der Waals surface area contributed by atoms with Crippen LogP contribution >= 0.6 is 7.60 Å². The van der Waals surface area contributed by atoms with Gasteiger partial charge in [-0.1, -0.05) is 33.1 Å². The molecule has 0 radical (unpaired) electrons. The molecule has 4 N–H and O–H groups in total. The van der Waals surface area contributed by atoms with Crippen molar-refractivity contribution in [2.75, 3.05) is 13.3 Å². The van der Waals surface area contributed by atoms with Crippen LogP contribution < -0.4 is 26.5 Å². The molecule has 2 aromatic heterocycles.